The van der Waals surface area contributed by atoms with Crippen LogP contribution in [0.3, 0.4) is 0 Å². The number of non-ortho nitro benzene ring substituents is 1. The molecule has 0 saturated carbocycles. The summed E-state index contributed by atoms with van der Waals surface area (Å²) in [5.74, 6) is -1.27. The number of hydrogen-bond acceptors (Lipinski definition) is 9. The molecule has 0 spiro atoms. The second-order valence-electron chi connectivity index (χ2n) is 8.29. The van der Waals surface area contributed by atoms with Crippen molar-refractivity contribution in [2.75, 3.05) is 6.61 Å². The van der Waals surface area contributed by atoms with Crippen LogP contribution in [-0.4, -0.2) is 48.1 Å². The van der Waals surface area contributed by atoms with Gasteiger partial charge in [-0.25, -0.2) is 9.48 Å². The number of nitrogens with zero attached hydrogens (tertiary/aromatic N) is 6. The van der Waals surface area contributed by atoms with E-state index in [1.54, 1.807) is 7.05 Å². The topological polar surface area (TPSA) is 135 Å². The normalized spacial score (nSPS) is 11.0. The minimum absolute atomic E-state index is 0.0683. The average Bonchev–Trinajstić information content (AvgIpc) is 3.47. The fourth-order valence-electron chi connectivity index (χ4n) is 4.18. The zero-order valence-electron chi connectivity index (χ0n) is 20.3. The Morgan fingerprint density at radius 2 is 1.76 bits per heavy atom. The molecule has 12 heteroatoms. The van der Waals surface area contributed by atoms with E-state index in [1.165, 1.54) is 16.8 Å². The number of ether oxygens (including phenoxy) is 1. The number of nitro groups is 1. The van der Waals surface area contributed by atoms with E-state index >= 15 is 0 Å². The van der Waals surface area contributed by atoms with Gasteiger partial charge in [0, 0.05) is 42.0 Å². The Labute approximate surface area is 220 Å². The molecule has 0 bridgehead atoms. The first-order chi connectivity index (χ1) is 18.3. The van der Waals surface area contributed by atoms with Crippen molar-refractivity contribution >= 4 is 40.1 Å². The Morgan fingerprint density at radius 1 is 1.03 bits per heavy atom. The Kier molecular flexibility index (Phi) is 6.71. The van der Waals surface area contributed by atoms with E-state index in [1.807, 2.05) is 66.2 Å². The molecule has 0 radical (unpaired) electrons. The van der Waals surface area contributed by atoms with Crippen molar-refractivity contribution in [3.05, 3.63) is 94.0 Å². The number of benzene rings is 3. The van der Waals surface area contributed by atoms with Crippen molar-refractivity contribution in [2.45, 2.75) is 10.1 Å². The third kappa shape index (κ3) is 4.64. The highest BCUT2D eigenvalue weighted by atomic mass is 32.2. The lowest BCUT2D eigenvalue weighted by atomic mass is 10.0. The molecule has 0 amide bonds. The van der Waals surface area contributed by atoms with Gasteiger partial charge in [0.05, 0.1) is 21.7 Å². The van der Waals surface area contributed by atoms with Crippen molar-refractivity contribution in [1.29, 1.82) is 0 Å². The van der Waals surface area contributed by atoms with Crippen molar-refractivity contribution in [1.82, 2.24) is 24.8 Å². The minimum Gasteiger partial charge on any atom is -0.454 e. The van der Waals surface area contributed by atoms with E-state index in [9.17, 15) is 19.7 Å². The van der Waals surface area contributed by atoms with Gasteiger partial charge in [0.1, 0.15) is 0 Å². The number of ketones is 1. The van der Waals surface area contributed by atoms with Crippen LogP contribution in [-0.2, 0) is 18.8 Å². The van der Waals surface area contributed by atoms with Gasteiger partial charge in [0.15, 0.2) is 6.61 Å². The highest BCUT2D eigenvalue weighted by Crippen LogP contribution is 2.34. The number of esters is 1. The predicted octanol–water partition coefficient (Wildman–Crippen LogP) is 4.47. The van der Waals surface area contributed by atoms with Crippen molar-refractivity contribution in [2.24, 2.45) is 14.1 Å². The largest absolute Gasteiger partial charge is 0.454 e. The first-order valence-electron chi connectivity index (χ1n) is 11.4. The summed E-state index contributed by atoms with van der Waals surface area (Å²) in [7, 11) is 3.50. The molecule has 11 nitrogen and oxygen atoms in total. The van der Waals surface area contributed by atoms with E-state index in [-0.39, 0.29) is 11.3 Å². The third-order valence-corrected chi connectivity index (χ3v) is 7.05. The fourth-order valence-corrected chi connectivity index (χ4v) is 5.01. The first-order valence-corrected chi connectivity index (χ1v) is 12.2. The molecule has 0 aliphatic heterocycles. The maximum atomic E-state index is 13.5. The molecular weight excluding hydrogens is 508 g/mol. The highest BCUT2D eigenvalue weighted by Gasteiger charge is 2.25. The molecule has 0 atom stereocenters. The third-order valence-electron chi connectivity index (χ3n) is 5.94. The van der Waals surface area contributed by atoms with Gasteiger partial charge in [0.25, 0.3) is 5.69 Å². The summed E-state index contributed by atoms with van der Waals surface area (Å²) in [6.07, 6.45) is 0. The molecule has 3 aromatic carbocycles. The number of fused-ring (bicyclic) bond motifs is 1. The standard InChI is InChI=1S/C26H20N6O5S/c1-30-20-11-7-6-10-18(20)23(24(30)16-8-4-3-5-9-16)21(33)15-37-25(34)19-14-17(32(35)36)12-13-22(19)38-26-27-28-29-31(26)2/h3-14H,15H2,1-2H3. The zero-order chi connectivity index (χ0) is 26.8. The molecule has 0 aliphatic carbocycles. The Balaban J connectivity index is 1.47. The van der Waals surface area contributed by atoms with Crippen LogP contribution in [0.25, 0.3) is 22.2 Å². The van der Waals surface area contributed by atoms with Gasteiger partial charge in [-0.05, 0) is 39.9 Å². The molecule has 5 rings (SSSR count). The monoisotopic (exact) mass is 528 g/mol. The molecular formula is C26H20N6O5S. The number of rotatable bonds is 8. The molecule has 0 fully saturated rings. The van der Waals surface area contributed by atoms with Gasteiger partial charge in [-0.3, -0.25) is 14.9 Å². The first kappa shape index (κ1) is 24.8. The predicted molar refractivity (Wildman–Crippen MR) is 139 cm³/mol. The quantitative estimate of drug-likeness (QED) is 0.124. The Hall–Kier alpha value is -4.84. The van der Waals surface area contributed by atoms with Gasteiger partial charge in [-0.2, -0.15) is 0 Å². The number of aromatic nitrogens is 5. The van der Waals surface area contributed by atoms with Crippen molar-refractivity contribution < 1.29 is 19.2 Å². The lowest BCUT2D eigenvalue weighted by Crippen LogP contribution is -2.16. The summed E-state index contributed by atoms with van der Waals surface area (Å²) in [5, 5.41) is 23.6. The van der Waals surface area contributed by atoms with Crippen LogP contribution >= 0.6 is 11.8 Å². The molecule has 0 aliphatic rings. The van der Waals surface area contributed by atoms with Gasteiger partial charge >= 0.3 is 5.97 Å². The van der Waals surface area contributed by atoms with E-state index in [2.05, 4.69) is 15.5 Å². The van der Waals surface area contributed by atoms with E-state index in [4.69, 9.17) is 4.74 Å². The van der Waals surface area contributed by atoms with Crippen LogP contribution in [0.15, 0.2) is 82.8 Å². The lowest BCUT2D eigenvalue weighted by molar-refractivity contribution is -0.384. The molecule has 190 valence electrons. The fraction of sp³-hybridized carbons (Fsp3) is 0.115. The SMILES string of the molecule is Cn1nnnc1Sc1ccc([N+](=O)[O-])cc1C(=O)OCC(=O)c1c(-c2ccccc2)n(C)c2ccccc12. The number of Topliss-reactive ketones (excluding diaryl/α,β-unsaturated/α-hetero) is 1. The number of aryl methyl sites for hydroxylation is 2. The molecule has 2 heterocycles. The Morgan fingerprint density at radius 3 is 2.47 bits per heavy atom. The summed E-state index contributed by atoms with van der Waals surface area (Å²) in [6, 6.07) is 20.8. The molecule has 0 saturated heterocycles. The van der Waals surface area contributed by atoms with E-state index in [0.29, 0.717) is 21.3 Å². The second kappa shape index (κ2) is 10.3. The number of hydrogen-bond donors (Lipinski definition) is 0. The van der Waals surface area contributed by atoms with Crippen LogP contribution in [0.5, 0.6) is 0 Å². The summed E-state index contributed by atoms with van der Waals surface area (Å²) in [6.45, 7) is -0.551. The van der Waals surface area contributed by atoms with E-state index < -0.39 is 23.3 Å². The zero-order valence-corrected chi connectivity index (χ0v) is 21.1. The van der Waals surface area contributed by atoms with Gasteiger partial charge in [-0.15, -0.1) is 5.10 Å². The maximum absolute atomic E-state index is 13.5. The second-order valence-corrected chi connectivity index (χ2v) is 9.30. The van der Waals surface area contributed by atoms with Crippen LogP contribution in [0.2, 0.25) is 0 Å². The number of para-hydroxylation sites is 1. The van der Waals surface area contributed by atoms with Crippen molar-refractivity contribution in [3.8, 4) is 11.3 Å². The molecule has 0 N–H and O–H groups in total. The average molecular weight is 529 g/mol. The van der Waals surface area contributed by atoms with Crippen LogP contribution in [0.4, 0.5) is 5.69 Å². The summed E-state index contributed by atoms with van der Waals surface area (Å²) in [4.78, 5) is 37.8. The maximum Gasteiger partial charge on any atom is 0.339 e. The number of carbonyl (C=O) groups is 2. The Bertz CT molecular complexity index is 1700. The van der Waals surface area contributed by atoms with Gasteiger partial charge in [0.2, 0.25) is 10.9 Å². The number of carbonyl (C=O) groups excluding carboxylic acids is 2. The molecule has 0 unspecified atom stereocenters. The molecule has 38 heavy (non-hydrogen) atoms. The smallest absolute Gasteiger partial charge is 0.339 e. The minimum atomic E-state index is -0.874. The summed E-state index contributed by atoms with van der Waals surface area (Å²) >= 11 is 1.05. The molecule has 2 aromatic heterocycles. The van der Waals surface area contributed by atoms with Crippen LogP contribution in [0.1, 0.15) is 20.7 Å². The van der Waals surface area contributed by atoms with Crippen molar-refractivity contribution in [3.63, 3.8) is 0 Å². The summed E-state index contributed by atoms with van der Waals surface area (Å²) < 4.78 is 8.76. The number of nitro benzene ring substituents is 1. The van der Waals surface area contributed by atoms with E-state index in [0.717, 1.165) is 34.3 Å². The van der Waals surface area contributed by atoms with Gasteiger partial charge < -0.3 is 9.30 Å². The molecule has 5 aromatic rings. The number of tetrazole rings is 1. The lowest BCUT2D eigenvalue weighted by Gasteiger charge is -2.10. The van der Waals surface area contributed by atoms with Crippen LogP contribution in [0, 0.1) is 10.1 Å². The highest BCUT2D eigenvalue weighted by molar-refractivity contribution is 7.99. The van der Waals surface area contributed by atoms with Gasteiger partial charge in [-0.1, -0.05) is 48.5 Å². The van der Waals surface area contributed by atoms with Crippen LogP contribution < -0.4 is 0 Å². The summed E-state index contributed by atoms with van der Waals surface area (Å²) in [5.41, 5.74) is 2.48.